The largest absolute Gasteiger partial charge is 0.484 e. The minimum absolute atomic E-state index is 0.265. The van der Waals surface area contributed by atoms with Crippen LogP contribution in [0, 0.1) is 5.82 Å². The van der Waals surface area contributed by atoms with Gasteiger partial charge in [0.05, 0.1) is 11.9 Å². The Balaban J connectivity index is 1.92. The number of ether oxygens (including phenoxy) is 1. The summed E-state index contributed by atoms with van der Waals surface area (Å²) in [5, 5.41) is 15.6. The molecule has 1 amide bonds. The lowest BCUT2D eigenvalue weighted by molar-refractivity contribution is -0.146. The fourth-order valence-electron chi connectivity index (χ4n) is 1.67. The zero-order chi connectivity index (χ0) is 17.0. The van der Waals surface area contributed by atoms with Crippen LogP contribution in [0.5, 0.6) is 5.75 Å². The van der Waals surface area contributed by atoms with Crippen molar-refractivity contribution in [2.24, 2.45) is 0 Å². The summed E-state index contributed by atoms with van der Waals surface area (Å²) in [5.41, 5.74) is -0.875. The van der Waals surface area contributed by atoms with Gasteiger partial charge >= 0.3 is 5.97 Å². The quantitative estimate of drug-likeness (QED) is 0.847. The third-order valence-corrected chi connectivity index (χ3v) is 3.15. The van der Waals surface area contributed by atoms with Crippen LogP contribution >= 0.6 is 0 Å². The third-order valence-electron chi connectivity index (χ3n) is 3.15. The van der Waals surface area contributed by atoms with Gasteiger partial charge in [-0.3, -0.25) is 9.48 Å². The van der Waals surface area contributed by atoms with Gasteiger partial charge in [0.2, 0.25) is 0 Å². The summed E-state index contributed by atoms with van der Waals surface area (Å²) >= 11 is 0. The number of aromatic nitrogens is 2. The highest BCUT2D eigenvalue weighted by molar-refractivity contribution is 5.91. The van der Waals surface area contributed by atoms with E-state index in [2.05, 4.69) is 10.4 Å². The van der Waals surface area contributed by atoms with Crippen LogP contribution < -0.4 is 10.1 Å². The van der Waals surface area contributed by atoms with E-state index < -0.39 is 23.2 Å². The minimum atomic E-state index is -1.23. The molecule has 0 bridgehead atoms. The van der Waals surface area contributed by atoms with Crippen LogP contribution in [0.15, 0.2) is 36.7 Å². The summed E-state index contributed by atoms with van der Waals surface area (Å²) in [6.07, 6.45) is 2.77. The summed E-state index contributed by atoms with van der Waals surface area (Å²) in [4.78, 5) is 22.9. The topological polar surface area (TPSA) is 93.5 Å². The van der Waals surface area contributed by atoms with Crippen LogP contribution in [0.2, 0.25) is 0 Å². The lowest BCUT2D eigenvalue weighted by atomic mass is 10.1. The first kappa shape index (κ1) is 16.5. The van der Waals surface area contributed by atoms with E-state index in [1.54, 1.807) is 0 Å². The summed E-state index contributed by atoms with van der Waals surface area (Å²) in [7, 11) is 0. The first-order valence-corrected chi connectivity index (χ1v) is 6.76. The van der Waals surface area contributed by atoms with E-state index in [-0.39, 0.29) is 6.61 Å². The SMILES string of the molecule is CC(C)(C(=O)O)n1cc(NC(=O)COc2ccc(F)cc2)cn1. The first-order valence-electron chi connectivity index (χ1n) is 6.76. The standard InChI is InChI=1S/C15H16FN3O4/c1-15(2,14(21)22)19-8-11(7-17-19)18-13(20)9-23-12-5-3-10(16)4-6-12/h3-8H,9H2,1-2H3,(H,18,20)(H,21,22). The molecule has 0 saturated carbocycles. The van der Waals surface area contributed by atoms with Crippen molar-refractivity contribution in [1.82, 2.24) is 9.78 Å². The summed E-state index contributed by atoms with van der Waals surface area (Å²) in [5.74, 6) is -1.51. The predicted molar refractivity (Wildman–Crippen MR) is 79.7 cm³/mol. The Morgan fingerprint density at radius 2 is 2.00 bits per heavy atom. The summed E-state index contributed by atoms with van der Waals surface area (Å²) < 4.78 is 19.2. The lowest BCUT2D eigenvalue weighted by Crippen LogP contribution is -2.35. The van der Waals surface area contributed by atoms with Gasteiger partial charge in [-0.05, 0) is 38.1 Å². The maximum absolute atomic E-state index is 12.7. The molecule has 1 heterocycles. The molecular formula is C15H16FN3O4. The van der Waals surface area contributed by atoms with Crippen molar-refractivity contribution >= 4 is 17.6 Å². The van der Waals surface area contributed by atoms with Crippen LogP contribution in [0.25, 0.3) is 0 Å². The first-order chi connectivity index (χ1) is 10.8. The van der Waals surface area contributed by atoms with E-state index in [0.717, 1.165) is 0 Å². The second-order valence-electron chi connectivity index (χ2n) is 5.33. The van der Waals surface area contributed by atoms with Crippen LogP contribution in [-0.2, 0) is 15.1 Å². The molecule has 2 N–H and O–H groups in total. The number of benzene rings is 1. The molecule has 0 saturated heterocycles. The van der Waals surface area contributed by atoms with Gasteiger partial charge in [-0.25, -0.2) is 9.18 Å². The number of carboxylic acid groups (broad SMARTS) is 1. The number of hydrogen-bond acceptors (Lipinski definition) is 4. The number of rotatable bonds is 6. The smallest absolute Gasteiger partial charge is 0.331 e. The average Bonchev–Trinajstić information content (AvgIpc) is 2.95. The Kier molecular flexibility index (Phi) is 4.63. The van der Waals surface area contributed by atoms with Crippen LogP contribution in [-0.4, -0.2) is 33.4 Å². The van der Waals surface area contributed by atoms with Crippen molar-refractivity contribution in [1.29, 1.82) is 0 Å². The number of halogens is 1. The van der Waals surface area contributed by atoms with Gasteiger partial charge in [-0.15, -0.1) is 0 Å². The number of amides is 1. The number of anilines is 1. The van der Waals surface area contributed by atoms with Gasteiger partial charge in [-0.2, -0.15) is 5.10 Å². The van der Waals surface area contributed by atoms with Gasteiger partial charge in [0.15, 0.2) is 12.1 Å². The molecule has 0 radical (unpaired) electrons. The predicted octanol–water partition coefficient (Wildman–Crippen LogP) is 1.86. The normalized spacial score (nSPS) is 11.1. The van der Waals surface area contributed by atoms with Crippen LogP contribution in [0.1, 0.15) is 13.8 Å². The van der Waals surface area contributed by atoms with Crippen molar-refractivity contribution in [3.05, 3.63) is 42.5 Å². The van der Waals surface area contributed by atoms with Crippen LogP contribution in [0.4, 0.5) is 10.1 Å². The molecule has 7 nitrogen and oxygen atoms in total. The third kappa shape index (κ3) is 4.06. The Bertz CT molecular complexity index is 710. The van der Waals surface area contributed by atoms with E-state index in [1.165, 1.54) is 55.2 Å². The number of carbonyl (C=O) groups excluding carboxylic acids is 1. The average molecular weight is 321 g/mol. The molecule has 122 valence electrons. The van der Waals surface area contributed by atoms with Gasteiger partial charge in [0.25, 0.3) is 5.91 Å². The maximum Gasteiger partial charge on any atom is 0.331 e. The number of aliphatic carboxylic acids is 1. The van der Waals surface area contributed by atoms with Gasteiger partial charge in [0, 0.05) is 6.20 Å². The molecule has 2 aromatic rings. The molecule has 23 heavy (non-hydrogen) atoms. The highest BCUT2D eigenvalue weighted by atomic mass is 19.1. The Hall–Kier alpha value is -2.90. The van der Waals surface area contributed by atoms with E-state index >= 15 is 0 Å². The number of carbonyl (C=O) groups is 2. The molecule has 8 heteroatoms. The van der Waals surface area contributed by atoms with Crippen molar-refractivity contribution in [2.75, 3.05) is 11.9 Å². The van der Waals surface area contributed by atoms with Gasteiger partial charge < -0.3 is 15.2 Å². The number of hydrogen-bond donors (Lipinski definition) is 2. The monoisotopic (exact) mass is 321 g/mol. The number of nitrogens with one attached hydrogen (secondary N) is 1. The summed E-state index contributed by atoms with van der Waals surface area (Å²) in [6, 6.07) is 5.28. The molecule has 1 aromatic heterocycles. The fourth-order valence-corrected chi connectivity index (χ4v) is 1.67. The molecule has 0 atom stereocenters. The van der Waals surface area contributed by atoms with E-state index in [9.17, 15) is 14.0 Å². The second-order valence-corrected chi connectivity index (χ2v) is 5.33. The molecule has 0 fully saturated rings. The minimum Gasteiger partial charge on any atom is -0.484 e. The molecule has 0 aliphatic heterocycles. The van der Waals surface area contributed by atoms with Crippen LogP contribution in [0.3, 0.4) is 0 Å². The Morgan fingerprint density at radius 1 is 1.35 bits per heavy atom. The van der Waals surface area contributed by atoms with Crippen molar-refractivity contribution < 1.29 is 23.8 Å². The zero-order valence-corrected chi connectivity index (χ0v) is 12.6. The highest BCUT2D eigenvalue weighted by Crippen LogP contribution is 2.17. The van der Waals surface area contributed by atoms with Crippen molar-refractivity contribution in [2.45, 2.75) is 19.4 Å². The second kappa shape index (κ2) is 6.47. The molecule has 0 unspecified atom stereocenters. The highest BCUT2D eigenvalue weighted by Gasteiger charge is 2.30. The molecule has 2 rings (SSSR count). The zero-order valence-electron chi connectivity index (χ0n) is 12.6. The van der Waals surface area contributed by atoms with Crippen molar-refractivity contribution in [3.63, 3.8) is 0 Å². The Labute approximate surface area is 131 Å². The Morgan fingerprint density at radius 3 is 2.61 bits per heavy atom. The molecular weight excluding hydrogens is 305 g/mol. The van der Waals surface area contributed by atoms with E-state index in [0.29, 0.717) is 11.4 Å². The lowest BCUT2D eigenvalue weighted by Gasteiger charge is -2.19. The molecule has 0 aliphatic rings. The van der Waals surface area contributed by atoms with Gasteiger partial charge in [0.1, 0.15) is 11.6 Å². The van der Waals surface area contributed by atoms with Gasteiger partial charge in [-0.1, -0.05) is 0 Å². The number of carboxylic acids is 1. The van der Waals surface area contributed by atoms with E-state index in [4.69, 9.17) is 9.84 Å². The number of nitrogens with zero attached hydrogens (tertiary/aromatic N) is 2. The van der Waals surface area contributed by atoms with Crippen molar-refractivity contribution in [3.8, 4) is 5.75 Å². The molecule has 0 aliphatic carbocycles. The maximum atomic E-state index is 12.7. The molecule has 1 aromatic carbocycles. The summed E-state index contributed by atoms with van der Waals surface area (Å²) in [6.45, 7) is 2.72. The fraction of sp³-hybridized carbons (Fsp3) is 0.267. The van der Waals surface area contributed by atoms with E-state index in [1.807, 2.05) is 0 Å². The molecule has 0 spiro atoms.